The van der Waals surface area contributed by atoms with Crippen molar-refractivity contribution in [2.24, 2.45) is 5.84 Å². The number of rotatable bonds is 6. The molecule has 0 radical (unpaired) electrons. The molecule has 102 valence electrons. The van der Waals surface area contributed by atoms with E-state index in [1.54, 1.807) is 23.3 Å². The first-order valence-corrected chi connectivity index (χ1v) is 6.98. The molecule has 4 N–H and O–H groups in total. The van der Waals surface area contributed by atoms with E-state index in [4.69, 9.17) is 5.84 Å². The highest BCUT2D eigenvalue weighted by Gasteiger charge is 2.13. The Hall–Kier alpha value is -1.97. The summed E-state index contributed by atoms with van der Waals surface area (Å²) in [7, 11) is -3.57. The third kappa shape index (κ3) is 3.50. The molecule has 2 rings (SSSR count). The first-order chi connectivity index (χ1) is 9.12. The van der Waals surface area contributed by atoms with Gasteiger partial charge in [0.25, 0.3) is 0 Å². The molecular formula is C10H14N6O2S. The first-order valence-electron chi connectivity index (χ1n) is 5.50. The number of sulfonamides is 1. The van der Waals surface area contributed by atoms with Crippen molar-refractivity contribution in [1.29, 1.82) is 0 Å². The molecular weight excluding hydrogens is 268 g/mol. The maximum atomic E-state index is 12.0. The number of aromatic nitrogens is 3. The zero-order valence-corrected chi connectivity index (χ0v) is 10.8. The average Bonchev–Trinajstić information content (AvgIpc) is 2.92. The van der Waals surface area contributed by atoms with E-state index in [1.807, 2.05) is 0 Å². The summed E-state index contributed by atoms with van der Waals surface area (Å²) in [4.78, 5) is 7.84. The zero-order chi connectivity index (χ0) is 13.7. The minimum Gasteiger partial charge on any atom is -0.336 e. The molecule has 2 heterocycles. The number of hydrogen-bond acceptors (Lipinski definition) is 6. The molecule has 8 nitrogen and oxygen atoms in total. The number of anilines is 1. The average molecular weight is 282 g/mol. The minimum atomic E-state index is -3.57. The van der Waals surface area contributed by atoms with Crippen LogP contribution in [-0.4, -0.2) is 29.5 Å². The smallest absolute Gasteiger partial charge is 0.240 e. The van der Waals surface area contributed by atoms with Crippen LogP contribution in [0.5, 0.6) is 0 Å². The SMILES string of the molecule is NNc1cc(S(=O)(=O)NCCn2ccnc2)ccn1. The second kappa shape index (κ2) is 5.78. The molecule has 0 aliphatic heterocycles. The van der Waals surface area contributed by atoms with Gasteiger partial charge in [-0.1, -0.05) is 0 Å². The largest absolute Gasteiger partial charge is 0.336 e. The van der Waals surface area contributed by atoms with Gasteiger partial charge in [0.1, 0.15) is 5.82 Å². The zero-order valence-electron chi connectivity index (χ0n) is 10.0. The highest BCUT2D eigenvalue weighted by Crippen LogP contribution is 2.11. The topological polar surface area (TPSA) is 115 Å². The van der Waals surface area contributed by atoms with Crippen LogP contribution in [0.1, 0.15) is 0 Å². The van der Waals surface area contributed by atoms with Crippen molar-refractivity contribution in [1.82, 2.24) is 19.3 Å². The van der Waals surface area contributed by atoms with Crippen molar-refractivity contribution in [2.45, 2.75) is 11.4 Å². The van der Waals surface area contributed by atoms with Gasteiger partial charge in [0.15, 0.2) is 0 Å². The van der Waals surface area contributed by atoms with Crippen molar-refractivity contribution in [3.63, 3.8) is 0 Å². The molecule has 0 aromatic carbocycles. The Balaban J connectivity index is 2.01. The molecule has 0 bridgehead atoms. The fourth-order valence-electron chi connectivity index (χ4n) is 1.47. The molecule has 0 aliphatic carbocycles. The lowest BCUT2D eigenvalue weighted by Gasteiger charge is -2.08. The highest BCUT2D eigenvalue weighted by atomic mass is 32.2. The second-order valence-corrected chi connectivity index (χ2v) is 5.49. The molecule has 2 aromatic rings. The van der Waals surface area contributed by atoms with Gasteiger partial charge < -0.3 is 9.99 Å². The number of hydrogen-bond donors (Lipinski definition) is 3. The van der Waals surface area contributed by atoms with Gasteiger partial charge in [0.2, 0.25) is 10.0 Å². The van der Waals surface area contributed by atoms with Crippen LogP contribution in [0.15, 0.2) is 41.9 Å². The molecule has 0 saturated carbocycles. The van der Waals surface area contributed by atoms with Gasteiger partial charge in [-0.2, -0.15) is 0 Å². The van der Waals surface area contributed by atoms with Crippen molar-refractivity contribution in [3.8, 4) is 0 Å². The maximum Gasteiger partial charge on any atom is 0.240 e. The molecule has 0 unspecified atom stereocenters. The van der Waals surface area contributed by atoms with Crippen molar-refractivity contribution in [2.75, 3.05) is 12.0 Å². The van der Waals surface area contributed by atoms with E-state index in [9.17, 15) is 8.42 Å². The lowest BCUT2D eigenvalue weighted by Crippen LogP contribution is -2.27. The number of pyridine rings is 1. The number of nitrogens with one attached hydrogen (secondary N) is 2. The predicted molar refractivity (Wildman–Crippen MR) is 69.5 cm³/mol. The molecule has 2 aromatic heterocycles. The van der Waals surface area contributed by atoms with E-state index in [0.717, 1.165) is 0 Å². The molecule has 0 fully saturated rings. The number of imidazole rings is 1. The van der Waals surface area contributed by atoms with Crippen molar-refractivity contribution < 1.29 is 8.42 Å². The summed E-state index contributed by atoms with van der Waals surface area (Å²) in [6, 6.07) is 2.76. The molecule has 0 spiro atoms. The fraction of sp³-hybridized carbons (Fsp3) is 0.200. The predicted octanol–water partition coefficient (Wildman–Crippen LogP) is -0.458. The number of nitrogens with two attached hydrogens (primary N) is 1. The summed E-state index contributed by atoms with van der Waals surface area (Å²) >= 11 is 0. The standard InChI is InChI=1S/C10H14N6O2S/c11-15-10-7-9(1-2-13-10)19(17,18)14-4-6-16-5-3-12-8-16/h1-3,5,7-8,14H,4,6,11H2,(H,13,15). The van der Waals surface area contributed by atoms with Crippen molar-refractivity contribution >= 4 is 15.8 Å². The molecule has 0 aliphatic rings. The molecule has 19 heavy (non-hydrogen) atoms. The summed E-state index contributed by atoms with van der Waals surface area (Å²) < 4.78 is 28.3. The minimum absolute atomic E-state index is 0.112. The Bertz CT molecular complexity index is 625. The Morgan fingerprint density at radius 1 is 1.37 bits per heavy atom. The molecule has 9 heteroatoms. The van der Waals surface area contributed by atoms with Gasteiger partial charge in [-0.05, 0) is 6.07 Å². The van der Waals surface area contributed by atoms with Crippen LogP contribution in [0.25, 0.3) is 0 Å². The monoisotopic (exact) mass is 282 g/mol. The van der Waals surface area contributed by atoms with E-state index in [-0.39, 0.29) is 17.3 Å². The molecule has 0 atom stereocenters. The van der Waals surface area contributed by atoms with Crippen LogP contribution in [0.2, 0.25) is 0 Å². The van der Waals surface area contributed by atoms with Crippen LogP contribution in [-0.2, 0) is 16.6 Å². The van der Waals surface area contributed by atoms with Crippen LogP contribution in [0.3, 0.4) is 0 Å². The summed E-state index contributed by atoms with van der Waals surface area (Å²) in [6.07, 6.45) is 6.39. The molecule has 0 amide bonds. The normalized spacial score (nSPS) is 11.4. The molecule has 0 saturated heterocycles. The van der Waals surface area contributed by atoms with E-state index < -0.39 is 10.0 Å². The third-order valence-corrected chi connectivity index (χ3v) is 3.87. The Morgan fingerprint density at radius 3 is 2.89 bits per heavy atom. The van der Waals surface area contributed by atoms with Crippen LogP contribution < -0.4 is 16.0 Å². The van der Waals surface area contributed by atoms with Gasteiger partial charge in [0.05, 0.1) is 11.2 Å². The lowest BCUT2D eigenvalue weighted by atomic mass is 10.5. The van der Waals surface area contributed by atoms with Gasteiger partial charge in [-0.3, -0.25) is 0 Å². The Kier molecular flexibility index (Phi) is 4.10. The second-order valence-electron chi connectivity index (χ2n) is 3.72. The number of hydrazine groups is 1. The Labute approximate surface area is 110 Å². The van der Waals surface area contributed by atoms with Crippen molar-refractivity contribution in [3.05, 3.63) is 37.1 Å². The maximum absolute atomic E-state index is 12.0. The summed E-state index contributed by atoms with van der Waals surface area (Å²) in [5, 5.41) is 0. The summed E-state index contributed by atoms with van der Waals surface area (Å²) in [6.45, 7) is 0.777. The van der Waals surface area contributed by atoms with Gasteiger partial charge in [0, 0.05) is 37.7 Å². The van der Waals surface area contributed by atoms with Crippen LogP contribution in [0, 0.1) is 0 Å². The Morgan fingerprint density at radius 2 is 2.21 bits per heavy atom. The van der Waals surface area contributed by atoms with Gasteiger partial charge in [-0.25, -0.2) is 29.0 Å². The summed E-state index contributed by atoms with van der Waals surface area (Å²) in [5.41, 5.74) is 2.30. The number of nitrogens with zero attached hydrogens (tertiary/aromatic N) is 3. The fourth-order valence-corrected chi connectivity index (χ4v) is 2.50. The third-order valence-electron chi connectivity index (χ3n) is 2.41. The van der Waals surface area contributed by atoms with E-state index >= 15 is 0 Å². The van der Waals surface area contributed by atoms with Gasteiger partial charge in [-0.15, -0.1) is 0 Å². The van der Waals surface area contributed by atoms with E-state index in [0.29, 0.717) is 6.54 Å². The van der Waals surface area contributed by atoms with Gasteiger partial charge >= 0.3 is 0 Å². The number of nitrogen functional groups attached to an aromatic ring is 1. The van der Waals surface area contributed by atoms with Crippen LogP contribution >= 0.6 is 0 Å². The lowest BCUT2D eigenvalue weighted by molar-refractivity contribution is 0.572. The van der Waals surface area contributed by atoms with E-state index in [2.05, 4.69) is 20.1 Å². The quantitative estimate of drug-likeness (QED) is 0.488. The summed E-state index contributed by atoms with van der Waals surface area (Å²) in [5.74, 6) is 5.48. The first kappa shape index (κ1) is 13.5. The van der Waals surface area contributed by atoms with E-state index in [1.165, 1.54) is 18.3 Å². The highest BCUT2D eigenvalue weighted by molar-refractivity contribution is 7.89. The van der Waals surface area contributed by atoms with Crippen LogP contribution in [0.4, 0.5) is 5.82 Å².